The van der Waals surface area contributed by atoms with Gasteiger partial charge in [0.05, 0.1) is 17.1 Å². The maximum absolute atomic E-state index is 10.3. The lowest BCUT2D eigenvalue weighted by Crippen LogP contribution is -2.26. The van der Waals surface area contributed by atoms with E-state index in [-0.39, 0.29) is 17.8 Å². The molecule has 1 heterocycles. The number of nitrogens with zero attached hydrogens (tertiary/aromatic N) is 3. The molecule has 80 valence electrons. The number of aromatic nitrogens is 2. The van der Waals surface area contributed by atoms with Gasteiger partial charge >= 0.3 is 5.69 Å². The topological polar surface area (TPSA) is 101 Å². The average molecular weight is 210 g/mol. The summed E-state index contributed by atoms with van der Waals surface area (Å²) in [5.74, 6) is 0.312. The highest BCUT2D eigenvalue weighted by Gasteiger charge is 2.42. The van der Waals surface area contributed by atoms with Gasteiger partial charge in [-0.2, -0.15) is 0 Å². The molecule has 0 amide bonds. The second kappa shape index (κ2) is 3.43. The summed E-state index contributed by atoms with van der Waals surface area (Å²) in [5.41, 5.74) is -0.453. The third-order valence-corrected chi connectivity index (χ3v) is 2.38. The third kappa shape index (κ3) is 2.01. The van der Waals surface area contributed by atoms with Crippen LogP contribution in [0.5, 0.6) is 0 Å². The van der Waals surface area contributed by atoms with Crippen molar-refractivity contribution in [3.63, 3.8) is 0 Å². The van der Waals surface area contributed by atoms with E-state index >= 15 is 0 Å². The fourth-order valence-electron chi connectivity index (χ4n) is 1.19. The average Bonchev–Trinajstić information content (AvgIpc) is 2.99. The van der Waals surface area contributed by atoms with Crippen LogP contribution in [0.2, 0.25) is 0 Å². The van der Waals surface area contributed by atoms with E-state index < -0.39 is 4.92 Å². The Morgan fingerprint density at radius 3 is 2.53 bits per heavy atom. The van der Waals surface area contributed by atoms with Crippen LogP contribution < -0.4 is 5.32 Å². The van der Waals surface area contributed by atoms with Gasteiger partial charge in [-0.3, -0.25) is 10.1 Å². The minimum absolute atomic E-state index is 0.0212. The molecule has 0 saturated heterocycles. The SMILES string of the molecule is O=[N+]([O-])c1cnc(NC2(CO)CC2)nc1. The van der Waals surface area contributed by atoms with E-state index in [1.54, 1.807) is 0 Å². The minimum Gasteiger partial charge on any atom is -0.394 e. The Balaban J connectivity index is 2.07. The van der Waals surface area contributed by atoms with Crippen LogP contribution in [0.3, 0.4) is 0 Å². The molecule has 0 radical (unpaired) electrons. The molecule has 2 rings (SSSR count). The molecule has 0 spiro atoms. The van der Waals surface area contributed by atoms with Crippen LogP contribution in [0.15, 0.2) is 12.4 Å². The number of aliphatic hydroxyl groups is 1. The predicted octanol–water partition coefficient (Wildman–Crippen LogP) is 0.322. The number of hydrogen-bond donors (Lipinski definition) is 2. The number of anilines is 1. The summed E-state index contributed by atoms with van der Waals surface area (Å²) < 4.78 is 0. The molecule has 0 atom stereocenters. The van der Waals surface area contributed by atoms with Crippen molar-refractivity contribution in [1.29, 1.82) is 0 Å². The third-order valence-electron chi connectivity index (χ3n) is 2.38. The van der Waals surface area contributed by atoms with Crippen molar-refractivity contribution in [1.82, 2.24) is 9.97 Å². The molecule has 0 aromatic carbocycles. The van der Waals surface area contributed by atoms with Crippen LogP contribution in [0.1, 0.15) is 12.8 Å². The van der Waals surface area contributed by atoms with E-state index in [0.29, 0.717) is 5.95 Å². The van der Waals surface area contributed by atoms with E-state index in [0.717, 1.165) is 25.2 Å². The first kappa shape index (κ1) is 9.78. The molecule has 0 bridgehead atoms. The zero-order chi connectivity index (χ0) is 10.9. The molecule has 1 aromatic heterocycles. The van der Waals surface area contributed by atoms with Gasteiger partial charge in [0.15, 0.2) is 0 Å². The Kier molecular flexibility index (Phi) is 2.24. The predicted molar refractivity (Wildman–Crippen MR) is 51.4 cm³/mol. The van der Waals surface area contributed by atoms with Gasteiger partial charge in [0, 0.05) is 0 Å². The molecule has 1 aliphatic rings. The van der Waals surface area contributed by atoms with E-state index in [1.807, 2.05) is 0 Å². The van der Waals surface area contributed by atoms with E-state index in [4.69, 9.17) is 5.11 Å². The molecule has 7 nitrogen and oxygen atoms in total. The lowest BCUT2D eigenvalue weighted by atomic mass is 10.3. The highest BCUT2D eigenvalue weighted by atomic mass is 16.6. The van der Waals surface area contributed by atoms with Gasteiger partial charge in [0.25, 0.3) is 0 Å². The normalized spacial score (nSPS) is 17.1. The van der Waals surface area contributed by atoms with E-state index in [2.05, 4.69) is 15.3 Å². The van der Waals surface area contributed by atoms with Crippen molar-refractivity contribution in [3.8, 4) is 0 Å². The first-order valence-corrected chi connectivity index (χ1v) is 4.51. The number of nitrogens with one attached hydrogen (secondary N) is 1. The van der Waals surface area contributed by atoms with Crippen LogP contribution in [-0.4, -0.2) is 32.1 Å². The Hall–Kier alpha value is -1.76. The summed E-state index contributed by atoms with van der Waals surface area (Å²) in [6, 6.07) is 0. The Bertz CT molecular complexity index is 374. The number of rotatable bonds is 4. The summed E-state index contributed by atoms with van der Waals surface area (Å²) in [4.78, 5) is 17.4. The first-order chi connectivity index (χ1) is 7.15. The molecular weight excluding hydrogens is 200 g/mol. The molecule has 7 heteroatoms. The lowest BCUT2D eigenvalue weighted by Gasteiger charge is -2.12. The summed E-state index contributed by atoms with van der Waals surface area (Å²) in [5, 5.41) is 22.3. The smallest absolute Gasteiger partial charge is 0.305 e. The molecule has 0 unspecified atom stereocenters. The van der Waals surface area contributed by atoms with E-state index in [9.17, 15) is 10.1 Å². The fraction of sp³-hybridized carbons (Fsp3) is 0.500. The van der Waals surface area contributed by atoms with Gasteiger partial charge in [0.2, 0.25) is 5.95 Å². The van der Waals surface area contributed by atoms with Crippen LogP contribution in [0.25, 0.3) is 0 Å². The summed E-state index contributed by atoms with van der Waals surface area (Å²) in [6.45, 7) is 0.0212. The molecule has 15 heavy (non-hydrogen) atoms. The second-order valence-corrected chi connectivity index (χ2v) is 3.59. The molecule has 2 N–H and O–H groups in total. The molecule has 1 aliphatic carbocycles. The fourth-order valence-corrected chi connectivity index (χ4v) is 1.19. The zero-order valence-electron chi connectivity index (χ0n) is 7.88. The van der Waals surface area contributed by atoms with Gasteiger partial charge in [-0.05, 0) is 12.8 Å². The largest absolute Gasteiger partial charge is 0.394 e. The van der Waals surface area contributed by atoms with Gasteiger partial charge in [-0.25, -0.2) is 9.97 Å². The van der Waals surface area contributed by atoms with Crippen LogP contribution in [0.4, 0.5) is 11.6 Å². The van der Waals surface area contributed by atoms with Crippen LogP contribution in [0, 0.1) is 10.1 Å². The molecule has 1 fully saturated rings. The van der Waals surface area contributed by atoms with Gasteiger partial charge in [-0.15, -0.1) is 0 Å². The Labute approximate surface area is 85.3 Å². The maximum Gasteiger partial charge on any atom is 0.305 e. The molecular formula is C8H10N4O3. The summed E-state index contributed by atoms with van der Waals surface area (Å²) in [7, 11) is 0. The van der Waals surface area contributed by atoms with Gasteiger partial charge in [-0.1, -0.05) is 0 Å². The van der Waals surface area contributed by atoms with Gasteiger partial charge < -0.3 is 10.4 Å². The van der Waals surface area contributed by atoms with Gasteiger partial charge in [0.1, 0.15) is 12.4 Å². The van der Waals surface area contributed by atoms with Crippen molar-refractivity contribution >= 4 is 11.6 Å². The molecule has 1 saturated carbocycles. The minimum atomic E-state index is -0.553. The van der Waals surface area contributed by atoms with E-state index in [1.165, 1.54) is 0 Å². The maximum atomic E-state index is 10.3. The highest BCUT2D eigenvalue weighted by molar-refractivity contribution is 5.36. The monoisotopic (exact) mass is 210 g/mol. The number of aliphatic hydroxyl groups excluding tert-OH is 1. The number of hydrogen-bond acceptors (Lipinski definition) is 6. The second-order valence-electron chi connectivity index (χ2n) is 3.59. The Morgan fingerprint density at radius 1 is 1.53 bits per heavy atom. The quantitative estimate of drug-likeness (QED) is 0.548. The standard InChI is InChI=1S/C8H10N4O3/c13-5-8(1-2-8)11-7-9-3-6(4-10-7)12(14)15/h3-4,13H,1-2,5H2,(H,9,10,11). The molecule has 1 aromatic rings. The van der Waals surface area contributed by atoms with Crippen molar-refractivity contribution in [2.45, 2.75) is 18.4 Å². The van der Waals surface area contributed by atoms with Crippen molar-refractivity contribution in [3.05, 3.63) is 22.5 Å². The summed E-state index contributed by atoms with van der Waals surface area (Å²) >= 11 is 0. The number of nitro groups is 1. The lowest BCUT2D eigenvalue weighted by molar-refractivity contribution is -0.385. The van der Waals surface area contributed by atoms with Crippen LogP contribution in [-0.2, 0) is 0 Å². The summed E-state index contributed by atoms with van der Waals surface area (Å²) in [6.07, 6.45) is 4.01. The first-order valence-electron chi connectivity index (χ1n) is 4.51. The van der Waals surface area contributed by atoms with Crippen molar-refractivity contribution in [2.24, 2.45) is 0 Å². The molecule has 0 aliphatic heterocycles. The zero-order valence-corrected chi connectivity index (χ0v) is 7.88. The Morgan fingerprint density at radius 2 is 2.13 bits per heavy atom. The highest BCUT2D eigenvalue weighted by Crippen LogP contribution is 2.37. The van der Waals surface area contributed by atoms with Crippen LogP contribution >= 0.6 is 0 Å². The van der Waals surface area contributed by atoms with Crippen molar-refractivity contribution in [2.75, 3.05) is 11.9 Å². The van der Waals surface area contributed by atoms with Crippen molar-refractivity contribution < 1.29 is 10.0 Å².